The molecule has 0 amide bonds. The van der Waals surface area contributed by atoms with E-state index in [0.29, 0.717) is 0 Å². The molecule has 0 aromatic carbocycles. The topological polar surface area (TPSA) is 104 Å². The Balaban J connectivity index is 4.73. The van der Waals surface area contributed by atoms with Gasteiger partial charge in [-0.2, -0.15) is 0 Å². The lowest BCUT2D eigenvalue weighted by atomic mass is 10.9. The molecule has 0 atom stereocenters. The van der Waals surface area contributed by atoms with E-state index in [2.05, 4.69) is 19.2 Å². The SMILES string of the molecule is CCOC(N=[N+]=[N-])=NS(C)(=O)=O. The molecule has 0 fully saturated rings. The van der Waals surface area contributed by atoms with E-state index in [9.17, 15) is 8.42 Å². The van der Waals surface area contributed by atoms with Gasteiger partial charge in [0, 0.05) is 4.91 Å². The summed E-state index contributed by atoms with van der Waals surface area (Å²) >= 11 is 0. The van der Waals surface area contributed by atoms with Crippen LogP contribution in [-0.2, 0) is 14.8 Å². The molecule has 0 aromatic heterocycles. The first kappa shape index (κ1) is 10.7. The molecule has 0 aliphatic carbocycles. The summed E-state index contributed by atoms with van der Waals surface area (Å²) in [6, 6.07) is -0.484. The van der Waals surface area contributed by atoms with Crippen LogP contribution in [0.1, 0.15) is 6.92 Å². The first-order valence-electron chi connectivity index (χ1n) is 2.97. The van der Waals surface area contributed by atoms with E-state index >= 15 is 0 Å². The molecule has 12 heavy (non-hydrogen) atoms. The summed E-state index contributed by atoms with van der Waals surface area (Å²) in [6.45, 7) is 1.80. The van der Waals surface area contributed by atoms with E-state index < -0.39 is 16.0 Å². The fourth-order valence-corrected chi connectivity index (χ4v) is 0.756. The van der Waals surface area contributed by atoms with E-state index in [0.717, 1.165) is 6.26 Å². The van der Waals surface area contributed by atoms with Gasteiger partial charge in [0.15, 0.2) is 0 Å². The summed E-state index contributed by atoms with van der Waals surface area (Å²) in [6.07, 6.45) is 0.874. The molecule has 0 aliphatic rings. The molecule has 0 unspecified atom stereocenters. The molecule has 0 saturated carbocycles. The van der Waals surface area contributed by atoms with Crippen molar-refractivity contribution in [3.05, 3.63) is 10.4 Å². The third kappa shape index (κ3) is 5.51. The second-order valence-corrected chi connectivity index (χ2v) is 3.38. The number of hydrogen-bond donors (Lipinski definition) is 0. The molecule has 68 valence electrons. The molecule has 0 heterocycles. The van der Waals surface area contributed by atoms with Gasteiger partial charge in [-0.05, 0) is 17.6 Å². The van der Waals surface area contributed by atoms with Crippen LogP contribution in [0.15, 0.2) is 9.51 Å². The van der Waals surface area contributed by atoms with Crippen LogP contribution < -0.4 is 0 Å². The van der Waals surface area contributed by atoms with Crippen molar-refractivity contribution in [2.45, 2.75) is 6.92 Å². The van der Waals surface area contributed by atoms with Crippen molar-refractivity contribution in [3.63, 3.8) is 0 Å². The number of sulfonamides is 1. The molecule has 0 radical (unpaired) electrons. The Bertz CT molecular complexity index is 313. The highest BCUT2D eigenvalue weighted by atomic mass is 32.2. The molecule has 0 rings (SSSR count). The van der Waals surface area contributed by atoms with E-state index in [1.165, 1.54) is 0 Å². The van der Waals surface area contributed by atoms with Gasteiger partial charge in [-0.25, -0.2) is 8.42 Å². The average Bonchev–Trinajstić information content (AvgIpc) is 1.84. The summed E-state index contributed by atoms with van der Waals surface area (Å²) in [5, 5.41) is 2.93. The van der Waals surface area contributed by atoms with E-state index in [4.69, 9.17) is 5.53 Å². The second kappa shape index (κ2) is 4.58. The lowest BCUT2D eigenvalue weighted by Crippen LogP contribution is -2.04. The third-order valence-corrected chi connectivity index (χ3v) is 1.14. The Morgan fingerprint density at radius 2 is 2.25 bits per heavy atom. The largest absolute Gasteiger partial charge is 0.476 e. The van der Waals surface area contributed by atoms with Crippen molar-refractivity contribution < 1.29 is 13.2 Å². The van der Waals surface area contributed by atoms with Gasteiger partial charge in [0.05, 0.1) is 12.9 Å². The quantitative estimate of drug-likeness (QED) is 0.211. The number of amidine groups is 1. The number of azide groups is 1. The first-order valence-corrected chi connectivity index (χ1v) is 4.82. The fourth-order valence-electron chi connectivity index (χ4n) is 0.383. The minimum absolute atomic E-state index is 0.188. The Morgan fingerprint density at radius 1 is 1.67 bits per heavy atom. The van der Waals surface area contributed by atoms with Gasteiger partial charge in [-0.1, -0.05) is 0 Å². The Labute approximate surface area is 69.7 Å². The van der Waals surface area contributed by atoms with Gasteiger partial charge in [0.25, 0.3) is 16.0 Å². The first-order chi connectivity index (χ1) is 5.49. The van der Waals surface area contributed by atoms with Crippen LogP contribution in [0, 0.1) is 0 Å². The Hall–Kier alpha value is -1.27. The van der Waals surface area contributed by atoms with E-state index in [1.54, 1.807) is 6.92 Å². The van der Waals surface area contributed by atoms with E-state index in [1.807, 2.05) is 0 Å². The van der Waals surface area contributed by atoms with Crippen molar-refractivity contribution in [3.8, 4) is 0 Å². The lowest BCUT2D eigenvalue weighted by molar-refractivity contribution is 0.323. The van der Waals surface area contributed by atoms with Crippen LogP contribution in [0.2, 0.25) is 0 Å². The number of rotatable bonds is 2. The molecule has 0 bridgehead atoms. The van der Waals surface area contributed by atoms with Gasteiger partial charge in [0.2, 0.25) is 0 Å². The standard InChI is InChI=1S/C4H8N4O3S/c1-3-11-4(6-8-5)7-12(2,9)10/h3H2,1-2H3. The summed E-state index contributed by atoms with van der Waals surface area (Å²) in [5.41, 5.74) is 7.96. The Morgan fingerprint density at radius 3 is 2.58 bits per heavy atom. The minimum Gasteiger partial charge on any atom is -0.476 e. The zero-order valence-electron chi connectivity index (χ0n) is 6.63. The lowest BCUT2D eigenvalue weighted by Gasteiger charge is -1.97. The van der Waals surface area contributed by atoms with Crippen LogP contribution in [0.3, 0.4) is 0 Å². The van der Waals surface area contributed by atoms with Gasteiger partial charge >= 0.3 is 0 Å². The van der Waals surface area contributed by atoms with Crippen LogP contribution >= 0.6 is 0 Å². The highest BCUT2D eigenvalue weighted by molar-refractivity contribution is 7.89. The predicted octanol–water partition coefficient (Wildman–Crippen LogP) is 0.649. The molecular weight excluding hydrogens is 184 g/mol. The third-order valence-electron chi connectivity index (χ3n) is 0.648. The van der Waals surface area contributed by atoms with Gasteiger partial charge < -0.3 is 4.74 Å². The minimum atomic E-state index is -3.57. The summed E-state index contributed by atoms with van der Waals surface area (Å²) < 4.78 is 28.7. The van der Waals surface area contributed by atoms with Crippen molar-refractivity contribution in [2.24, 2.45) is 9.51 Å². The number of nitrogens with zero attached hydrogens (tertiary/aromatic N) is 4. The molecule has 0 saturated heterocycles. The summed E-state index contributed by atoms with van der Waals surface area (Å²) in [5.74, 6) is 0. The maximum atomic E-state index is 10.5. The zero-order valence-corrected chi connectivity index (χ0v) is 7.45. The predicted molar refractivity (Wildman–Crippen MR) is 43.1 cm³/mol. The van der Waals surface area contributed by atoms with Crippen LogP contribution in [0.25, 0.3) is 10.4 Å². The maximum absolute atomic E-state index is 10.5. The smallest absolute Gasteiger partial charge is 0.289 e. The van der Waals surface area contributed by atoms with Gasteiger partial charge in [-0.3, -0.25) is 0 Å². The van der Waals surface area contributed by atoms with Crippen LogP contribution in [0.4, 0.5) is 0 Å². The van der Waals surface area contributed by atoms with Crippen molar-refractivity contribution >= 4 is 16.0 Å². The maximum Gasteiger partial charge on any atom is 0.289 e. The highest BCUT2D eigenvalue weighted by Crippen LogP contribution is 1.92. The second-order valence-electron chi connectivity index (χ2n) is 1.73. The summed E-state index contributed by atoms with van der Waals surface area (Å²) in [4.78, 5) is 2.34. The normalized spacial score (nSPS) is 12.0. The summed E-state index contributed by atoms with van der Waals surface area (Å²) in [7, 11) is -3.57. The van der Waals surface area contributed by atoms with Crippen molar-refractivity contribution in [1.29, 1.82) is 0 Å². The molecule has 0 spiro atoms. The van der Waals surface area contributed by atoms with Crippen LogP contribution in [-0.4, -0.2) is 27.3 Å². The monoisotopic (exact) mass is 192 g/mol. The number of ether oxygens (including phenoxy) is 1. The van der Waals surface area contributed by atoms with Crippen LogP contribution in [0.5, 0.6) is 0 Å². The van der Waals surface area contributed by atoms with Gasteiger partial charge in [-0.15, -0.1) is 4.40 Å². The fraction of sp³-hybridized carbons (Fsp3) is 0.750. The zero-order chi connectivity index (χ0) is 9.61. The average molecular weight is 192 g/mol. The molecule has 0 aromatic rings. The number of hydrogen-bond acceptors (Lipinski definition) is 3. The van der Waals surface area contributed by atoms with Crippen molar-refractivity contribution in [2.75, 3.05) is 12.9 Å². The van der Waals surface area contributed by atoms with Gasteiger partial charge in [0.1, 0.15) is 0 Å². The molecular formula is C4H8N4O3S. The molecule has 0 N–H and O–H groups in total. The highest BCUT2D eigenvalue weighted by Gasteiger charge is 2.01. The molecule has 8 heteroatoms. The van der Waals surface area contributed by atoms with Crippen molar-refractivity contribution in [1.82, 2.24) is 0 Å². The van der Waals surface area contributed by atoms with E-state index in [-0.39, 0.29) is 6.61 Å². The Kier molecular flexibility index (Phi) is 4.09. The molecule has 7 nitrogen and oxygen atoms in total. The molecule has 0 aliphatic heterocycles.